The molecule has 38 heavy (non-hydrogen) atoms. The van der Waals surface area contributed by atoms with Gasteiger partial charge < -0.3 is 14.6 Å². The van der Waals surface area contributed by atoms with Gasteiger partial charge in [-0.1, -0.05) is 44.6 Å². The molecule has 2 aromatic heterocycles. The van der Waals surface area contributed by atoms with E-state index >= 15 is 0 Å². The van der Waals surface area contributed by atoms with Crippen molar-refractivity contribution in [3.63, 3.8) is 0 Å². The van der Waals surface area contributed by atoms with Crippen LogP contribution in [0.5, 0.6) is 0 Å². The van der Waals surface area contributed by atoms with E-state index in [2.05, 4.69) is 40.7 Å². The molecule has 3 heterocycles. The van der Waals surface area contributed by atoms with E-state index in [1.54, 1.807) is 6.20 Å². The molecule has 0 unspecified atom stereocenters. The maximum Gasteiger partial charge on any atom is 0.296 e. The second-order valence-electron chi connectivity index (χ2n) is 11.8. The van der Waals surface area contributed by atoms with Crippen LogP contribution >= 0.6 is 0 Å². The number of amides is 1. The molecule has 3 aromatic rings. The number of nitrogens with zero attached hydrogens (tertiary/aromatic N) is 3. The lowest BCUT2D eigenvalue weighted by Crippen LogP contribution is -2.39. The number of carbonyl (C=O) groups excluding carboxylic acids is 1. The lowest BCUT2D eigenvalue weighted by molar-refractivity contribution is -0.195. The Morgan fingerprint density at radius 3 is 2.71 bits per heavy atom. The lowest BCUT2D eigenvalue weighted by Gasteiger charge is -2.27. The zero-order valence-corrected chi connectivity index (χ0v) is 23.8. The van der Waals surface area contributed by atoms with Crippen LogP contribution in [0.4, 0.5) is 4.39 Å². The van der Waals surface area contributed by atoms with Gasteiger partial charge in [-0.15, -0.1) is 0 Å². The van der Waals surface area contributed by atoms with Crippen molar-refractivity contribution in [1.29, 1.82) is 0 Å². The van der Waals surface area contributed by atoms with E-state index in [-0.39, 0.29) is 18.5 Å². The maximum absolute atomic E-state index is 13.5. The van der Waals surface area contributed by atoms with Gasteiger partial charge in [0.2, 0.25) is 0 Å². The van der Waals surface area contributed by atoms with Gasteiger partial charge in [-0.25, -0.2) is 19.3 Å². The standard InChI is InChI=1S/C29H39FN4O3Si/c1-38(2,3)15-14-36-20-37-34-13-11-25-27-23(16-31-12-10-21-4-5-21)19-33(18-22-6-8-24(30)9-7-22)26(27)17-32-28(25)29(34)35/h6-9,17,19,21,31H,4-5,10-16,18,20H2,1-3H3. The van der Waals surface area contributed by atoms with Gasteiger partial charge in [0.1, 0.15) is 11.5 Å². The molecule has 1 fully saturated rings. The molecule has 1 amide bonds. The summed E-state index contributed by atoms with van der Waals surface area (Å²) in [5.41, 5.74) is 4.59. The number of carbonyl (C=O) groups is 1. The summed E-state index contributed by atoms with van der Waals surface area (Å²) in [6.07, 6.45) is 8.51. The molecular formula is C29H39FN4O3Si. The molecule has 0 spiro atoms. The summed E-state index contributed by atoms with van der Waals surface area (Å²) in [5.74, 6) is 0.414. The van der Waals surface area contributed by atoms with Crippen LogP contribution in [-0.4, -0.2) is 55.1 Å². The molecule has 2 aliphatic rings. The minimum absolute atomic E-state index is 0.0675. The van der Waals surface area contributed by atoms with Crippen LogP contribution in [0.15, 0.2) is 36.7 Å². The summed E-state index contributed by atoms with van der Waals surface area (Å²) in [5, 5.41) is 6.09. The van der Waals surface area contributed by atoms with Crippen molar-refractivity contribution in [3.8, 4) is 0 Å². The second-order valence-corrected chi connectivity index (χ2v) is 17.4. The first-order valence-corrected chi connectivity index (χ1v) is 17.5. The number of pyridine rings is 1. The zero-order chi connectivity index (χ0) is 26.7. The first-order valence-electron chi connectivity index (χ1n) is 13.8. The molecule has 9 heteroatoms. The van der Waals surface area contributed by atoms with Crippen molar-refractivity contribution in [2.75, 3.05) is 26.5 Å². The number of rotatable bonds is 13. The number of hydrogen-bond acceptors (Lipinski definition) is 5. The number of nitrogens with one attached hydrogen (secondary N) is 1. The molecule has 0 bridgehead atoms. The third-order valence-corrected chi connectivity index (χ3v) is 9.10. The van der Waals surface area contributed by atoms with Gasteiger partial charge in [0, 0.05) is 39.4 Å². The number of aromatic nitrogens is 2. The van der Waals surface area contributed by atoms with E-state index in [0.29, 0.717) is 31.8 Å². The average Bonchev–Trinajstić information content (AvgIpc) is 3.64. The van der Waals surface area contributed by atoms with E-state index in [1.807, 2.05) is 12.1 Å². The number of hydroxylamine groups is 2. The summed E-state index contributed by atoms with van der Waals surface area (Å²) >= 11 is 0. The van der Waals surface area contributed by atoms with E-state index in [4.69, 9.17) is 9.57 Å². The van der Waals surface area contributed by atoms with Gasteiger partial charge in [0.15, 0.2) is 6.79 Å². The summed E-state index contributed by atoms with van der Waals surface area (Å²) in [7, 11) is -1.17. The van der Waals surface area contributed by atoms with Crippen molar-refractivity contribution >= 4 is 24.9 Å². The normalized spacial score (nSPS) is 15.9. The number of benzene rings is 1. The number of fused-ring (bicyclic) bond motifs is 3. The van der Waals surface area contributed by atoms with Crippen molar-refractivity contribution in [2.45, 2.75) is 64.5 Å². The molecule has 0 atom stereocenters. The highest BCUT2D eigenvalue weighted by atomic mass is 28.3. The molecule has 1 aliphatic heterocycles. The summed E-state index contributed by atoms with van der Waals surface area (Å²) in [4.78, 5) is 23.6. The highest BCUT2D eigenvalue weighted by Gasteiger charge is 2.30. The molecule has 7 nitrogen and oxygen atoms in total. The number of hydrogen-bond donors (Lipinski definition) is 1. The predicted octanol–water partition coefficient (Wildman–Crippen LogP) is 5.36. The van der Waals surface area contributed by atoms with Gasteiger partial charge in [0.05, 0.1) is 18.3 Å². The van der Waals surface area contributed by atoms with Crippen LogP contribution in [0.25, 0.3) is 10.9 Å². The summed E-state index contributed by atoms with van der Waals surface area (Å²) in [6, 6.07) is 7.65. The van der Waals surface area contributed by atoms with Crippen LogP contribution in [0.3, 0.4) is 0 Å². The van der Waals surface area contributed by atoms with Crippen LogP contribution in [0, 0.1) is 11.7 Å². The highest BCUT2D eigenvalue weighted by Crippen LogP contribution is 2.33. The van der Waals surface area contributed by atoms with E-state index in [9.17, 15) is 9.18 Å². The topological polar surface area (TPSA) is 68.6 Å². The SMILES string of the molecule is C[Si](C)(C)CCOCON1CCc2c(ncc3c2c(CNCCC2CC2)cn3Cc2ccc(F)cc2)C1=O. The van der Waals surface area contributed by atoms with Gasteiger partial charge >= 0.3 is 0 Å². The molecule has 1 aliphatic carbocycles. The molecule has 1 N–H and O–H groups in total. The van der Waals surface area contributed by atoms with Gasteiger partial charge in [-0.2, -0.15) is 0 Å². The van der Waals surface area contributed by atoms with Gasteiger partial charge in [-0.05, 0) is 60.2 Å². The Kier molecular flexibility index (Phi) is 8.28. The van der Waals surface area contributed by atoms with E-state index < -0.39 is 8.07 Å². The predicted molar refractivity (Wildman–Crippen MR) is 149 cm³/mol. The Morgan fingerprint density at radius 1 is 1.18 bits per heavy atom. The Morgan fingerprint density at radius 2 is 1.97 bits per heavy atom. The molecule has 0 radical (unpaired) electrons. The molecular weight excluding hydrogens is 499 g/mol. The third-order valence-electron chi connectivity index (χ3n) is 7.39. The Bertz CT molecular complexity index is 1270. The van der Waals surface area contributed by atoms with Crippen molar-refractivity contribution in [2.24, 2.45) is 5.92 Å². The molecule has 1 aromatic carbocycles. The monoisotopic (exact) mass is 538 g/mol. The van der Waals surface area contributed by atoms with Crippen LogP contribution < -0.4 is 5.32 Å². The summed E-state index contributed by atoms with van der Waals surface area (Å²) < 4.78 is 21.3. The zero-order valence-electron chi connectivity index (χ0n) is 22.8. The Labute approximate surface area is 225 Å². The number of halogens is 1. The Balaban J connectivity index is 1.34. The minimum atomic E-state index is -1.17. The largest absolute Gasteiger partial charge is 0.353 e. The van der Waals surface area contributed by atoms with Crippen molar-refractivity contribution in [1.82, 2.24) is 19.9 Å². The van der Waals surface area contributed by atoms with Crippen molar-refractivity contribution in [3.05, 3.63) is 64.9 Å². The lowest BCUT2D eigenvalue weighted by atomic mass is 9.99. The Hall–Kier alpha value is -2.59. The maximum atomic E-state index is 13.5. The van der Waals surface area contributed by atoms with Crippen LogP contribution in [0.1, 0.15) is 46.4 Å². The van der Waals surface area contributed by atoms with Crippen LogP contribution in [0.2, 0.25) is 25.7 Å². The fourth-order valence-corrected chi connectivity index (χ4v) is 5.71. The first-order chi connectivity index (χ1) is 18.3. The van der Waals surface area contributed by atoms with Crippen molar-refractivity contribution < 1.29 is 18.8 Å². The smallest absolute Gasteiger partial charge is 0.296 e. The second kappa shape index (κ2) is 11.7. The van der Waals surface area contributed by atoms with Gasteiger partial charge in [-0.3, -0.25) is 4.79 Å². The molecule has 1 saturated carbocycles. The molecule has 0 saturated heterocycles. The average molecular weight is 539 g/mol. The fourth-order valence-electron chi connectivity index (χ4n) is 4.95. The third kappa shape index (κ3) is 6.69. The van der Waals surface area contributed by atoms with Crippen LogP contribution in [-0.2, 0) is 29.1 Å². The fraction of sp³-hybridized carbons (Fsp3) is 0.517. The minimum Gasteiger partial charge on any atom is -0.353 e. The molecule has 204 valence electrons. The molecule has 5 rings (SSSR count). The quantitative estimate of drug-likeness (QED) is 0.180. The first kappa shape index (κ1) is 27.0. The number of ether oxygens (including phenoxy) is 1. The highest BCUT2D eigenvalue weighted by molar-refractivity contribution is 6.76. The van der Waals surface area contributed by atoms with E-state index in [1.165, 1.54) is 36.5 Å². The summed E-state index contributed by atoms with van der Waals surface area (Å²) in [6.45, 7) is 10.4. The van der Waals surface area contributed by atoms with E-state index in [0.717, 1.165) is 52.6 Å². The van der Waals surface area contributed by atoms with Gasteiger partial charge in [0.25, 0.3) is 5.91 Å².